The van der Waals surface area contributed by atoms with E-state index in [0.29, 0.717) is 10.8 Å². The molecule has 5 nitrogen and oxygen atoms in total. The molecule has 28 heavy (non-hydrogen) atoms. The van der Waals surface area contributed by atoms with Gasteiger partial charge in [0, 0.05) is 27.7 Å². The first-order valence-corrected chi connectivity index (χ1v) is 9.28. The van der Waals surface area contributed by atoms with Crippen molar-refractivity contribution in [3.63, 3.8) is 0 Å². The summed E-state index contributed by atoms with van der Waals surface area (Å²) in [5, 5.41) is 4.76. The van der Waals surface area contributed by atoms with Gasteiger partial charge in [0.2, 0.25) is 0 Å². The van der Waals surface area contributed by atoms with Crippen LogP contribution in [0.3, 0.4) is 0 Å². The van der Waals surface area contributed by atoms with E-state index in [1.807, 2.05) is 75.4 Å². The van der Waals surface area contributed by atoms with Crippen LogP contribution in [0.25, 0.3) is 5.69 Å². The zero-order valence-electron chi connectivity index (χ0n) is 16.1. The molecule has 0 saturated carbocycles. The number of benzene rings is 2. The minimum atomic E-state index is -0.314. The Balaban J connectivity index is 1.63. The summed E-state index contributed by atoms with van der Waals surface area (Å²) in [5.74, 6) is 0.374. The van der Waals surface area contributed by atoms with Gasteiger partial charge in [-0.3, -0.25) is 4.79 Å². The van der Waals surface area contributed by atoms with E-state index in [0.717, 1.165) is 28.2 Å². The third-order valence-electron chi connectivity index (χ3n) is 4.40. The minimum Gasteiger partial charge on any atom is -0.483 e. The van der Waals surface area contributed by atoms with Crippen LogP contribution in [-0.2, 0) is 4.79 Å². The van der Waals surface area contributed by atoms with Gasteiger partial charge in [0.25, 0.3) is 5.91 Å². The van der Waals surface area contributed by atoms with Gasteiger partial charge in [-0.25, -0.2) is 5.43 Å². The number of para-hydroxylation sites is 1. The Morgan fingerprint density at radius 2 is 1.86 bits per heavy atom. The van der Waals surface area contributed by atoms with Gasteiger partial charge in [0.05, 0.1) is 6.21 Å². The number of hydrazone groups is 1. The molecule has 2 aromatic carbocycles. The third-order valence-corrected chi connectivity index (χ3v) is 4.65. The molecule has 0 atom stereocenters. The van der Waals surface area contributed by atoms with Crippen LogP contribution in [0, 0.1) is 20.8 Å². The molecule has 0 saturated heterocycles. The molecule has 0 aliphatic rings. The Morgan fingerprint density at radius 3 is 2.57 bits per heavy atom. The maximum absolute atomic E-state index is 12.0. The van der Waals surface area contributed by atoms with E-state index in [2.05, 4.69) is 15.1 Å². The monoisotopic (exact) mass is 395 g/mol. The molecular formula is C22H22ClN3O2. The third kappa shape index (κ3) is 4.61. The lowest BCUT2D eigenvalue weighted by Crippen LogP contribution is -2.24. The SMILES string of the molecule is Cc1ccccc1OCC(=O)N/N=C/c1cc(C)n(-c2ccc(Cl)cc2)c1C. The maximum atomic E-state index is 12.0. The van der Waals surface area contributed by atoms with Crippen LogP contribution in [0.1, 0.15) is 22.5 Å². The number of aromatic nitrogens is 1. The zero-order valence-corrected chi connectivity index (χ0v) is 16.8. The van der Waals surface area contributed by atoms with Crippen LogP contribution in [0.4, 0.5) is 0 Å². The topological polar surface area (TPSA) is 55.6 Å². The fourth-order valence-electron chi connectivity index (χ4n) is 2.97. The van der Waals surface area contributed by atoms with Gasteiger partial charge in [-0.2, -0.15) is 5.10 Å². The lowest BCUT2D eigenvalue weighted by molar-refractivity contribution is -0.123. The van der Waals surface area contributed by atoms with Gasteiger partial charge in [0.1, 0.15) is 5.75 Å². The molecule has 144 valence electrons. The van der Waals surface area contributed by atoms with Crippen molar-refractivity contribution in [1.82, 2.24) is 9.99 Å². The van der Waals surface area contributed by atoms with Gasteiger partial charge in [0.15, 0.2) is 6.61 Å². The highest BCUT2D eigenvalue weighted by Gasteiger charge is 2.09. The van der Waals surface area contributed by atoms with Crippen molar-refractivity contribution >= 4 is 23.7 Å². The Morgan fingerprint density at radius 1 is 1.14 bits per heavy atom. The standard InChI is InChI=1S/C22H22ClN3O2/c1-15-6-4-5-7-21(15)28-14-22(27)25-24-13-18-12-16(2)26(17(18)3)20-10-8-19(23)9-11-20/h4-13H,14H2,1-3H3,(H,25,27)/b24-13+. The van der Waals surface area contributed by atoms with Gasteiger partial charge < -0.3 is 9.30 Å². The first kappa shape index (κ1) is 19.7. The van der Waals surface area contributed by atoms with E-state index in [9.17, 15) is 4.79 Å². The summed E-state index contributed by atoms with van der Waals surface area (Å²) in [6.07, 6.45) is 1.64. The van der Waals surface area contributed by atoms with E-state index in [1.54, 1.807) is 6.21 Å². The maximum Gasteiger partial charge on any atom is 0.277 e. The summed E-state index contributed by atoms with van der Waals surface area (Å²) >= 11 is 5.97. The van der Waals surface area contributed by atoms with Gasteiger partial charge in [-0.05, 0) is 62.7 Å². The van der Waals surface area contributed by atoms with Crippen LogP contribution >= 0.6 is 11.6 Å². The average Bonchev–Trinajstić information content (AvgIpc) is 2.95. The van der Waals surface area contributed by atoms with Crippen LogP contribution in [-0.4, -0.2) is 23.3 Å². The van der Waals surface area contributed by atoms with Crippen LogP contribution < -0.4 is 10.2 Å². The predicted molar refractivity (Wildman–Crippen MR) is 113 cm³/mol. The van der Waals surface area contributed by atoms with E-state index in [4.69, 9.17) is 16.3 Å². The number of hydrogen-bond acceptors (Lipinski definition) is 3. The summed E-state index contributed by atoms with van der Waals surface area (Å²) in [4.78, 5) is 12.0. The second-order valence-corrected chi connectivity index (χ2v) is 6.92. The zero-order chi connectivity index (χ0) is 20.1. The minimum absolute atomic E-state index is 0.0913. The number of carbonyl (C=O) groups is 1. The smallest absolute Gasteiger partial charge is 0.277 e. The highest BCUT2D eigenvalue weighted by molar-refractivity contribution is 6.30. The number of amides is 1. The van der Waals surface area contributed by atoms with Crippen molar-refractivity contribution in [2.75, 3.05) is 6.61 Å². The molecule has 1 amide bonds. The van der Waals surface area contributed by atoms with Crippen molar-refractivity contribution in [3.8, 4) is 11.4 Å². The van der Waals surface area contributed by atoms with E-state index >= 15 is 0 Å². The van der Waals surface area contributed by atoms with Crippen molar-refractivity contribution in [1.29, 1.82) is 0 Å². The highest BCUT2D eigenvalue weighted by Crippen LogP contribution is 2.21. The lowest BCUT2D eigenvalue weighted by Gasteiger charge is -2.09. The normalized spacial score (nSPS) is 11.0. The number of carbonyl (C=O) groups excluding carboxylic acids is 1. The van der Waals surface area contributed by atoms with Crippen molar-refractivity contribution in [2.45, 2.75) is 20.8 Å². The molecule has 0 aliphatic carbocycles. The summed E-state index contributed by atoms with van der Waals surface area (Å²) in [6, 6.07) is 17.2. The summed E-state index contributed by atoms with van der Waals surface area (Å²) in [7, 11) is 0. The van der Waals surface area contributed by atoms with Crippen LogP contribution in [0.2, 0.25) is 5.02 Å². The molecule has 0 fully saturated rings. The number of rotatable bonds is 6. The molecule has 6 heteroatoms. The van der Waals surface area contributed by atoms with Crippen LogP contribution in [0.15, 0.2) is 59.7 Å². The lowest BCUT2D eigenvalue weighted by atomic mass is 10.2. The average molecular weight is 396 g/mol. The second-order valence-electron chi connectivity index (χ2n) is 6.49. The molecule has 1 heterocycles. The van der Waals surface area contributed by atoms with E-state index in [-0.39, 0.29) is 12.5 Å². The molecule has 1 aromatic heterocycles. The number of nitrogens with one attached hydrogen (secondary N) is 1. The molecule has 1 N–H and O–H groups in total. The number of halogens is 1. The van der Waals surface area contributed by atoms with E-state index < -0.39 is 0 Å². The van der Waals surface area contributed by atoms with Crippen molar-refractivity contribution < 1.29 is 9.53 Å². The summed E-state index contributed by atoms with van der Waals surface area (Å²) in [6.45, 7) is 5.87. The van der Waals surface area contributed by atoms with Gasteiger partial charge in [-0.1, -0.05) is 29.8 Å². The first-order chi connectivity index (χ1) is 13.5. The fourth-order valence-corrected chi connectivity index (χ4v) is 3.10. The Bertz CT molecular complexity index is 1010. The van der Waals surface area contributed by atoms with E-state index in [1.165, 1.54) is 0 Å². The second kappa shape index (κ2) is 8.76. The first-order valence-electron chi connectivity index (χ1n) is 8.91. The number of hydrogen-bond donors (Lipinski definition) is 1. The molecule has 0 bridgehead atoms. The number of ether oxygens (including phenoxy) is 1. The largest absolute Gasteiger partial charge is 0.483 e. The van der Waals surface area contributed by atoms with Crippen molar-refractivity contribution in [3.05, 3.63) is 82.1 Å². The molecular weight excluding hydrogens is 374 g/mol. The number of aryl methyl sites for hydroxylation is 2. The predicted octanol–water partition coefficient (Wildman–Crippen LogP) is 4.59. The van der Waals surface area contributed by atoms with Crippen molar-refractivity contribution in [2.24, 2.45) is 5.10 Å². The summed E-state index contributed by atoms with van der Waals surface area (Å²) < 4.78 is 7.63. The Kier molecular flexibility index (Phi) is 6.16. The van der Waals surface area contributed by atoms with Gasteiger partial charge in [-0.15, -0.1) is 0 Å². The van der Waals surface area contributed by atoms with Crippen LogP contribution in [0.5, 0.6) is 5.75 Å². The molecule has 0 spiro atoms. The molecule has 0 aliphatic heterocycles. The highest BCUT2D eigenvalue weighted by atomic mass is 35.5. The Labute approximate surface area is 169 Å². The molecule has 0 radical (unpaired) electrons. The Hall–Kier alpha value is -3.05. The molecule has 0 unspecified atom stereocenters. The quantitative estimate of drug-likeness (QED) is 0.490. The fraction of sp³-hybridized carbons (Fsp3) is 0.182. The molecule has 3 aromatic rings. The van der Waals surface area contributed by atoms with Gasteiger partial charge >= 0.3 is 0 Å². The number of nitrogens with zero attached hydrogens (tertiary/aromatic N) is 2. The molecule has 3 rings (SSSR count). The summed E-state index contributed by atoms with van der Waals surface area (Å²) in [5.41, 5.74) is 7.52.